The lowest BCUT2D eigenvalue weighted by Gasteiger charge is -2.45. The summed E-state index contributed by atoms with van der Waals surface area (Å²) in [6.07, 6.45) is 3.60. The van der Waals surface area contributed by atoms with Crippen LogP contribution in [-0.2, 0) is 4.79 Å². The second-order valence-electron chi connectivity index (χ2n) is 7.70. The molecule has 2 amide bonds. The molecule has 0 saturated heterocycles. The first-order valence-corrected chi connectivity index (χ1v) is 9.48. The van der Waals surface area contributed by atoms with Crippen molar-refractivity contribution in [1.82, 2.24) is 4.98 Å². The first kappa shape index (κ1) is 18.4. The third kappa shape index (κ3) is 3.21. The molecule has 4 rings (SSSR count). The summed E-state index contributed by atoms with van der Waals surface area (Å²) in [6.45, 7) is 3.65. The predicted molar refractivity (Wildman–Crippen MR) is 104 cm³/mol. The van der Waals surface area contributed by atoms with Gasteiger partial charge in [-0.3, -0.25) is 9.59 Å². The Kier molecular flexibility index (Phi) is 4.53. The number of amides is 2. The molecule has 1 saturated carbocycles. The van der Waals surface area contributed by atoms with Crippen LogP contribution in [0.4, 0.5) is 15.9 Å². The van der Waals surface area contributed by atoms with Crippen LogP contribution in [0.15, 0.2) is 36.5 Å². The lowest BCUT2D eigenvalue weighted by molar-refractivity contribution is -0.117. The maximum atomic E-state index is 14.1. The van der Waals surface area contributed by atoms with E-state index in [-0.39, 0.29) is 29.7 Å². The number of nitrogens with two attached hydrogens (primary N) is 1. The summed E-state index contributed by atoms with van der Waals surface area (Å²) < 4.78 is 14.1. The zero-order valence-corrected chi connectivity index (χ0v) is 15.9. The zero-order valence-electron chi connectivity index (χ0n) is 15.9. The van der Waals surface area contributed by atoms with E-state index in [1.165, 1.54) is 18.3 Å². The largest absolute Gasteiger partial charge is 0.366 e. The van der Waals surface area contributed by atoms with Gasteiger partial charge in [-0.2, -0.15) is 0 Å². The molecule has 28 heavy (non-hydrogen) atoms. The van der Waals surface area contributed by atoms with E-state index >= 15 is 0 Å². The SMILES string of the molecule is CC(=O)N1c2ccc(F)cc2[C@H](Nc2ccc(C(N)=O)cn2)[C@@H](C)[C@@H]1C1CC1. The van der Waals surface area contributed by atoms with Gasteiger partial charge in [-0.25, -0.2) is 9.37 Å². The van der Waals surface area contributed by atoms with Gasteiger partial charge >= 0.3 is 0 Å². The van der Waals surface area contributed by atoms with Crippen LogP contribution in [0.25, 0.3) is 0 Å². The van der Waals surface area contributed by atoms with E-state index < -0.39 is 5.91 Å². The van der Waals surface area contributed by atoms with Gasteiger partial charge in [-0.1, -0.05) is 6.92 Å². The molecule has 1 aliphatic heterocycles. The van der Waals surface area contributed by atoms with Crippen LogP contribution in [0, 0.1) is 17.7 Å². The van der Waals surface area contributed by atoms with Crippen molar-refractivity contribution in [3.8, 4) is 0 Å². The standard InChI is InChI=1S/C21H23FN4O2/c1-11-19(25-18-8-5-14(10-24-18)21(23)28)16-9-15(22)6-7-17(16)26(12(2)27)20(11)13-3-4-13/h5-11,13,19-20H,3-4H2,1-2H3,(H2,23,28)(H,24,25)/t11-,19-,20-/m1/s1. The van der Waals surface area contributed by atoms with Crippen molar-refractivity contribution in [3.63, 3.8) is 0 Å². The zero-order chi connectivity index (χ0) is 20.0. The Labute approximate surface area is 162 Å². The number of anilines is 2. The molecule has 6 nitrogen and oxygen atoms in total. The molecule has 146 valence electrons. The number of pyridine rings is 1. The Morgan fingerprint density at radius 3 is 2.57 bits per heavy atom. The van der Waals surface area contributed by atoms with Gasteiger partial charge in [0.25, 0.3) is 0 Å². The highest BCUT2D eigenvalue weighted by Gasteiger charge is 2.47. The van der Waals surface area contributed by atoms with Gasteiger partial charge < -0.3 is 16.0 Å². The number of nitrogens with one attached hydrogen (secondary N) is 1. The molecule has 2 aliphatic rings. The van der Waals surface area contributed by atoms with Crippen molar-refractivity contribution >= 4 is 23.3 Å². The Balaban J connectivity index is 1.74. The average Bonchev–Trinajstić information content (AvgIpc) is 3.48. The fourth-order valence-corrected chi connectivity index (χ4v) is 4.32. The van der Waals surface area contributed by atoms with Crippen molar-refractivity contribution in [2.75, 3.05) is 10.2 Å². The minimum absolute atomic E-state index is 0.0287. The summed E-state index contributed by atoms with van der Waals surface area (Å²) in [5.74, 6) is 0.170. The van der Waals surface area contributed by atoms with E-state index in [2.05, 4.69) is 17.2 Å². The van der Waals surface area contributed by atoms with Crippen LogP contribution in [-0.4, -0.2) is 22.8 Å². The third-order valence-corrected chi connectivity index (χ3v) is 5.74. The van der Waals surface area contributed by atoms with Gasteiger partial charge in [-0.15, -0.1) is 0 Å². The van der Waals surface area contributed by atoms with Crippen LogP contribution in [0.5, 0.6) is 0 Å². The first-order chi connectivity index (χ1) is 13.4. The molecule has 0 bridgehead atoms. The minimum Gasteiger partial charge on any atom is -0.366 e. The van der Waals surface area contributed by atoms with E-state index in [0.29, 0.717) is 17.3 Å². The van der Waals surface area contributed by atoms with Gasteiger partial charge in [0.2, 0.25) is 11.8 Å². The lowest BCUT2D eigenvalue weighted by Crippen LogP contribution is -2.51. The number of halogens is 1. The Morgan fingerprint density at radius 2 is 2.00 bits per heavy atom. The van der Waals surface area contributed by atoms with Crippen LogP contribution in [0.1, 0.15) is 48.7 Å². The Bertz CT molecular complexity index is 927. The molecule has 2 heterocycles. The first-order valence-electron chi connectivity index (χ1n) is 9.48. The molecule has 1 aromatic heterocycles. The summed E-state index contributed by atoms with van der Waals surface area (Å²) in [4.78, 5) is 29.8. The molecule has 1 fully saturated rings. The molecule has 0 spiro atoms. The molecule has 7 heteroatoms. The maximum Gasteiger partial charge on any atom is 0.250 e. The number of hydrogen-bond acceptors (Lipinski definition) is 4. The maximum absolute atomic E-state index is 14.1. The number of aromatic nitrogens is 1. The highest BCUT2D eigenvalue weighted by atomic mass is 19.1. The summed E-state index contributed by atoms with van der Waals surface area (Å²) >= 11 is 0. The third-order valence-electron chi connectivity index (χ3n) is 5.74. The number of benzene rings is 1. The van der Waals surface area contributed by atoms with Crippen molar-refractivity contribution in [1.29, 1.82) is 0 Å². The molecule has 0 unspecified atom stereocenters. The van der Waals surface area contributed by atoms with E-state index in [1.54, 1.807) is 25.1 Å². The number of rotatable bonds is 4. The van der Waals surface area contributed by atoms with E-state index in [0.717, 1.165) is 24.1 Å². The molecule has 3 N–H and O–H groups in total. The second kappa shape index (κ2) is 6.89. The van der Waals surface area contributed by atoms with Crippen LogP contribution >= 0.6 is 0 Å². The molecule has 0 radical (unpaired) electrons. The topological polar surface area (TPSA) is 88.3 Å². The number of carbonyl (C=O) groups is 2. The predicted octanol–water partition coefficient (Wildman–Crippen LogP) is 3.25. The van der Waals surface area contributed by atoms with E-state index in [4.69, 9.17) is 5.73 Å². The molecule has 1 aliphatic carbocycles. The van der Waals surface area contributed by atoms with E-state index in [9.17, 15) is 14.0 Å². The number of carbonyl (C=O) groups excluding carboxylic acids is 2. The fourth-order valence-electron chi connectivity index (χ4n) is 4.32. The minimum atomic E-state index is -0.539. The number of nitrogens with zero attached hydrogens (tertiary/aromatic N) is 2. The number of hydrogen-bond donors (Lipinski definition) is 2. The monoisotopic (exact) mass is 382 g/mol. The molecular weight excluding hydrogens is 359 g/mol. The van der Waals surface area contributed by atoms with Gasteiger partial charge in [0.15, 0.2) is 0 Å². The quantitative estimate of drug-likeness (QED) is 0.850. The molecule has 1 aromatic carbocycles. The molecule has 2 aromatic rings. The lowest BCUT2D eigenvalue weighted by atomic mass is 9.80. The normalized spacial score (nSPS) is 23.8. The highest BCUT2D eigenvalue weighted by Crippen LogP contribution is 2.50. The van der Waals surface area contributed by atoms with Crippen LogP contribution < -0.4 is 16.0 Å². The van der Waals surface area contributed by atoms with Crippen molar-refractivity contribution in [2.45, 2.75) is 38.8 Å². The number of primary amides is 1. The number of fused-ring (bicyclic) bond motifs is 1. The molecular formula is C21H23FN4O2. The van der Waals surface area contributed by atoms with Crippen molar-refractivity contribution in [3.05, 3.63) is 53.5 Å². The van der Waals surface area contributed by atoms with Gasteiger partial charge in [0.05, 0.1) is 11.6 Å². The average molecular weight is 382 g/mol. The van der Waals surface area contributed by atoms with Gasteiger partial charge in [0.1, 0.15) is 11.6 Å². The van der Waals surface area contributed by atoms with Crippen LogP contribution in [0.3, 0.4) is 0 Å². The van der Waals surface area contributed by atoms with E-state index in [1.807, 2.05) is 4.90 Å². The summed E-state index contributed by atoms with van der Waals surface area (Å²) in [6, 6.07) is 7.71. The second-order valence-corrected chi connectivity index (χ2v) is 7.70. The van der Waals surface area contributed by atoms with Crippen molar-refractivity contribution in [2.24, 2.45) is 17.6 Å². The highest BCUT2D eigenvalue weighted by molar-refractivity contribution is 5.94. The Hall–Kier alpha value is -2.96. The smallest absolute Gasteiger partial charge is 0.250 e. The fraction of sp³-hybridized carbons (Fsp3) is 0.381. The Morgan fingerprint density at radius 1 is 1.25 bits per heavy atom. The van der Waals surface area contributed by atoms with Gasteiger partial charge in [-0.05, 0) is 49.1 Å². The van der Waals surface area contributed by atoms with Crippen molar-refractivity contribution < 1.29 is 14.0 Å². The summed E-state index contributed by atoms with van der Waals surface area (Å²) in [5.41, 5.74) is 7.08. The van der Waals surface area contributed by atoms with Gasteiger partial charge in [0, 0.05) is 36.3 Å². The summed E-state index contributed by atoms with van der Waals surface area (Å²) in [5, 5.41) is 3.38. The molecule has 3 atom stereocenters. The van der Waals surface area contributed by atoms with Crippen LogP contribution in [0.2, 0.25) is 0 Å². The summed E-state index contributed by atoms with van der Waals surface area (Å²) in [7, 11) is 0.